The van der Waals surface area contributed by atoms with Gasteiger partial charge in [0.2, 0.25) is 5.91 Å². The monoisotopic (exact) mass is 495 g/mol. The third kappa shape index (κ3) is 4.47. The van der Waals surface area contributed by atoms with Crippen LogP contribution in [-0.4, -0.2) is 64.0 Å². The average molecular weight is 496 g/mol. The number of nitrogens with one attached hydrogen (secondary N) is 1. The number of aromatic nitrogens is 2. The largest absolute Gasteiger partial charge is 0.340 e. The van der Waals surface area contributed by atoms with Crippen molar-refractivity contribution in [1.29, 1.82) is 0 Å². The summed E-state index contributed by atoms with van der Waals surface area (Å²) < 4.78 is 3.30. The second-order valence-electron chi connectivity index (χ2n) is 9.05. The first-order valence-electron chi connectivity index (χ1n) is 11.6. The van der Waals surface area contributed by atoms with Crippen molar-refractivity contribution in [3.8, 4) is 5.69 Å². The van der Waals surface area contributed by atoms with Crippen molar-refractivity contribution in [2.45, 2.75) is 32.4 Å². The molecule has 1 amide bonds. The number of rotatable bonds is 4. The lowest BCUT2D eigenvalue weighted by atomic mass is 9.96. The van der Waals surface area contributed by atoms with Crippen LogP contribution in [0.25, 0.3) is 16.7 Å². The number of hydrogen-bond donors (Lipinski definition) is 1. The van der Waals surface area contributed by atoms with Gasteiger partial charge in [0.25, 0.3) is 0 Å². The van der Waals surface area contributed by atoms with Crippen molar-refractivity contribution in [2.24, 2.45) is 5.92 Å². The predicted molar refractivity (Wildman–Crippen MR) is 131 cm³/mol. The van der Waals surface area contributed by atoms with Crippen LogP contribution >= 0.6 is 15.9 Å². The van der Waals surface area contributed by atoms with Crippen molar-refractivity contribution in [1.82, 2.24) is 24.7 Å². The Balaban J connectivity index is 1.38. The Kier molecular flexibility index (Phi) is 6.31. The predicted octanol–water partition coefficient (Wildman–Crippen LogP) is 3.82. The fourth-order valence-corrected chi connectivity index (χ4v) is 5.46. The Labute approximate surface area is 197 Å². The van der Waals surface area contributed by atoms with Gasteiger partial charge in [-0.25, -0.2) is 4.98 Å². The molecule has 6 nitrogen and oxygen atoms in total. The highest BCUT2D eigenvalue weighted by Crippen LogP contribution is 2.26. The summed E-state index contributed by atoms with van der Waals surface area (Å²) >= 11 is 3.61. The third-order valence-corrected chi connectivity index (χ3v) is 7.09. The maximum atomic E-state index is 13.2. The molecule has 2 atom stereocenters. The lowest BCUT2D eigenvalue weighted by molar-refractivity contribution is -0.138. The molecule has 2 fully saturated rings. The van der Waals surface area contributed by atoms with Crippen molar-refractivity contribution in [3.63, 3.8) is 0 Å². The highest BCUT2D eigenvalue weighted by Gasteiger charge is 2.31. The molecule has 0 spiro atoms. The van der Waals surface area contributed by atoms with E-state index in [0.717, 1.165) is 79.1 Å². The van der Waals surface area contributed by atoms with Gasteiger partial charge in [-0.2, -0.15) is 0 Å². The van der Waals surface area contributed by atoms with Gasteiger partial charge in [0.05, 0.1) is 23.5 Å². The highest BCUT2D eigenvalue weighted by molar-refractivity contribution is 9.10. The number of imidazole rings is 1. The molecule has 1 N–H and O–H groups in total. The zero-order valence-electron chi connectivity index (χ0n) is 18.5. The Morgan fingerprint density at radius 3 is 2.88 bits per heavy atom. The van der Waals surface area contributed by atoms with Gasteiger partial charge in [-0.1, -0.05) is 34.1 Å². The van der Waals surface area contributed by atoms with E-state index in [9.17, 15) is 4.79 Å². The first kappa shape index (κ1) is 21.6. The number of piperidine rings is 1. The molecular formula is C25H30BrN5O. The van der Waals surface area contributed by atoms with Crippen LogP contribution in [0, 0.1) is 5.92 Å². The molecule has 1 aromatic heterocycles. The van der Waals surface area contributed by atoms with Gasteiger partial charge in [-0.3, -0.25) is 14.3 Å². The first-order chi connectivity index (χ1) is 15.6. The summed E-state index contributed by atoms with van der Waals surface area (Å²) in [6, 6.07) is 17.0. The quantitative estimate of drug-likeness (QED) is 0.597. The number of likely N-dealkylation sites (tertiary alicyclic amines) is 1. The van der Waals surface area contributed by atoms with Gasteiger partial charge in [-0.05, 0) is 56.6 Å². The highest BCUT2D eigenvalue weighted by atomic mass is 79.9. The summed E-state index contributed by atoms with van der Waals surface area (Å²) in [5, 5.41) is 3.43. The zero-order chi connectivity index (χ0) is 22.1. The number of carbonyl (C=O) groups is 1. The van der Waals surface area contributed by atoms with Crippen LogP contribution in [-0.2, 0) is 11.3 Å². The zero-order valence-corrected chi connectivity index (χ0v) is 20.1. The summed E-state index contributed by atoms with van der Waals surface area (Å²) in [4.78, 5) is 22.7. The van der Waals surface area contributed by atoms with Gasteiger partial charge in [-0.15, -0.1) is 0 Å². The lowest BCUT2D eigenvalue weighted by Gasteiger charge is -2.38. The molecule has 0 aliphatic carbocycles. The number of carbonyl (C=O) groups excluding carboxylic acids is 1. The van der Waals surface area contributed by atoms with E-state index in [2.05, 4.69) is 78.9 Å². The number of para-hydroxylation sites is 2. The molecule has 3 heterocycles. The molecule has 3 aromatic rings. The summed E-state index contributed by atoms with van der Waals surface area (Å²) in [7, 11) is 0. The van der Waals surface area contributed by atoms with E-state index in [1.165, 1.54) is 0 Å². The van der Waals surface area contributed by atoms with Crippen molar-refractivity contribution >= 4 is 32.9 Å². The molecule has 7 heteroatoms. The van der Waals surface area contributed by atoms with Gasteiger partial charge >= 0.3 is 0 Å². The average Bonchev–Trinajstić information content (AvgIpc) is 3.16. The molecule has 5 rings (SSSR count). The van der Waals surface area contributed by atoms with E-state index >= 15 is 0 Å². The van der Waals surface area contributed by atoms with Crippen LogP contribution in [0.5, 0.6) is 0 Å². The van der Waals surface area contributed by atoms with E-state index in [0.29, 0.717) is 11.9 Å². The Hall–Kier alpha value is -2.22. The molecule has 2 aromatic carbocycles. The number of nitrogens with zero attached hydrogens (tertiary/aromatic N) is 4. The molecule has 0 radical (unpaired) electrons. The van der Waals surface area contributed by atoms with Gasteiger partial charge in [0, 0.05) is 42.4 Å². The van der Waals surface area contributed by atoms with Crippen LogP contribution in [0.3, 0.4) is 0 Å². The Morgan fingerprint density at radius 2 is 2.03 bits per heavy atom. The molecule has 2 aliphatic heterocycles. The summed E-state index contributed by atoms with van der Waals surface area (Å²) in [6.07, 6.45) is 2.03. The first-order valence-corrected chi connectivity index (χ1v) is 12.3. The molecule has 0 unspecified atom stereocenters. The Bertz CT molecular complexity index is 1110. The SMILES string of the molecule is C[C@H]1CN(C(=O)[C@@H]2CCCN(Cc3nc4ccccc4n3-c3cccc(Br)c3)C2)CCN1. The fraction of sp³-hybridized carbons (Fsp3) is 0.440. The van der Waals surface area contributed by atoms with Crippen LogP contribution < -0.4 is 5.32 Å². The number of benzene rings is 2. The second kappa shape index (κ2) is 9.33. The van der Waals surface area contributed by atoms with Gasteiger partial charge in [0.15, 0.2) is 0 Å². The molecule has 2 saturated heterocycles. The maximum absolute atomic E-state index is 13.2. The van der Waals surface area contributed by atoms with Crippen LogP contribution in [0.4, 0.5) is 0 Å². The Morgan fingerprint density at radius 1 is 1.16 bits per heavy atom. The topological polar surface area (TPSA) is 53.4 Å². The number of piperazine rings is 1. The van der Waals surface area contributed by atoms with Crippen molar-refractivity contribution in [2.75, 3.05) is 32.7 Å². The molecular weight excluding hydrogens is 466 g/mol. The normalized spacial score (nSPS) is 22.4. The molecule has 0 saturated carbocycles. The maximum Gasteiger partial charge on any atom is 0.227 e. The van der Waals surface area contributed by atoms with E-state index in [-0.39, 0.29) is 5.92 Å². The van der Waals surface area contributed by atoms with E-state index in [4.69, 9.17) is 4.98 Å². The molecule has 168 valence electrons. The van der Waals surface area contributed by atoms with Crippen LogP contribution in [0.15, 0.2) is 53.0 Å². The van der Waals surface area contributed by atoms with Crippen LogP contribution in [0.1, 0.15) is 25.6 Å². The molecule has 2 aliphatic rings. The fourth-order valence-electron chi connectivity index (χ4n) is 5.08. The number of hydrogen-bond acceptors (Lipinski definition) is 4. The van der Waals surface area contributed by atoms with Crippen LogP contribution in [0.2, 0.25) is 0 Å². The molecule has 32 heavy (non-hydrogen) atoms. The van der Waals surface area contributed by atoms with E-state index in [1.807, 2.05) is 12.1 Å². The molecule has 0 bridgehead atoms. The summed E-state index contributed by atoms with van der Waals surface area (Å²) in [6.45, 7) is 7.22. The summed E-state index contributed by atoms with van der Waals surface area (Å²) in [5.41, 5.74) is 3.21. The van der Waals surface area contributed by atoms with Crippen molar-refractivity contribution < 1.29 is 4.79 Å². The number of halogens is 1. The number of amides is 1. The smallest absolute Gasteiger partial charge is 0.227 e. The minimum Gasteiger partial charge on any atom is -0.340 e. The minimum absolute atomic E-state index is 0.0812. The standard InChI is InChI=1S/C25H30BrN5O/c1-18-15-30(13-11-27-18)25(32)19-6-5-12-29(16-19)17-24-28-22-9-2-3-10-23(22)31(24)21-8-4-7-20(26)14-21/h2-4,7-10,14,18-19,27H,5-6,11-13,15-17H2,1H3/t18-,19+/m0/s1. The van der Waals surface area contributed by atoms with Gasteiger partial charge < -0.3 is 10.2 Å². The summed E-state index contributed by atoms with van der Waals surface area (Å²) in [5.74, 6) is 1.43. The lowest BCUT2D eigenvalue weighted by Crippen LogP contribution is -2.54. The van der Waals surface area contributed by atoms with E-state index in [1.54, 1.807) is 0 Å². The number of fused-ring (bicyclic) bond motifs is 1. The third-order valence-electron chi connectivity index (χ3n) is 6.60. The second-order valence-corrected chi connectivity index (χ2v) is 9.96. The minimum atomic E-state index is 0.0812. The van der Waals surface area contributed by atoms with Gasteiger partial charge in [0.1, 0.15) is 5.82 Å². The van der Waals surface area contributed by atoms with E-state index < -0.39 is 0 Å². The van der Waals surface area contributed by atoms with Crippen molar-refractivity contribution in [3.05, 3.63) is 58.8 Å².